The fraction of sp³-hybridized carbons (Fsp3) is 0.400. The van der Waals surface area contributed by atoms with Crippen molar-refractivity contribution in [2.24, 2.45) is 5.16 Å². The number of rotatable bonds is 2. The van der Waals surface area contributed by atoms with E-state index in [9.17, 15) is 0 Å². The summed E-state index contributed by atoms with van der Waals surface area (Å²) in [6.07, 6.45) is 0.708. The van der Waals surface area contributed by atoms with E-state index >= 15 is 0 Å². The number of hydrogen-bond acceptors (Lipinski definition) is 5. The van der Waals surface area contributed by atoms with Crippen molar-refractivity contribution in [3.8, 4) is 5.88 Å². The number of nitrogens with one attached hydrogen (secondary N) is 1. The van der Waals surface area contributed by atoms with Crippen molar-refractivity contribution in [3.63, 3.8) is 0 Å². The summed E-state index contributed by atoms with van der Waals surface area (Å²) < 4.78 is 5.29. The van der Waals surface area contributed by atoms with E-state index in [4.69, 9.17) is 9.94 Å². The third kappa shape index (κ3) is 1.86. The first kappa shape index (κ1) is 9.76. The van der Waals surface area contributed by atoms with Crippen LogP contribution < -0.4 is 10.1 Å². The molecule has 2 N–H and O–H groups in total. The number of pyridine rings is 1. The molecule has 80 valence electrons. The van der Waals surface area contributed by atoms with E-state index in [2.05, 4.69) is 15.5 Å². The van der Waals surface area contributed by atoms with Crippen LogP contribution in [0, 0.1) is 0 Å². The summed E-state index contributed by atoms with van der Waals surface area (Å²) in [6, 6.07) is 3.63. The van der Waals surface area contributed by atoms with Gasteiger partial charge in [0.2, 0.25) is 5.88 Å². The Morgan fingerprint density at radius 1 is 1.60 bits per heavy atom. The van der Waals surface area contributed by atoms with Gasteiger partial charge in [-0.1, -0.05) is 5.16 Å². The third-order valence-electron chi connectivity index (χ3n) is 2.25. The highest BCUT2D eigenvalue weighted by atomic mass is 16.5. The summed E-state index contributed by atoms with van der Waals surface area (Å²) in [5.41, 5.74) is 1.51. The van der Waals surface area contributed by atoms with E-state index in [1.807, 2.05) is 13.0 Å². The summed E-state index contributed by atoms with van der Waals surface area (Å²) in [5, 5.41) is 15.2. The molecule has 0 aromatic carbocycles. The number of ether oxygens (including phenoxy) is 1. The lowest BCUT2D eigenvalue weighted by molar-refractivity contribution is 0.317. The molecule has 0 fully saturated rings. The molecule has 2 rings (SSSR count). The van der Waals surface area contributed by atoms with Crippen LogP contribution in [0.15, 0.2) is 17.3 Å². The van der Waals surface area contributed by atoms with Crippen molar-refractivity contribution in [3.05, 3.63) is 17.7 Å². The second kappa shape index (κ2) is 4.16. The minimum atomic E-state index is 0.586. The largest absolute Gasteiger partial charge is 0.478 e. The Morgan fingerprint density at radius 2 is 2.47 bits per heavy atom. The Hall–Kier alpha value is -1.78. The molecule has 0 aliphatic carbocycles. The molecule has 0 saturated heterocycles. The van der Waals surface area contributed by atoms with Gasteiger partial charge < -0.3 is 15.3 Å². The zero-order chi connectivity index (χ0) is 10.7. The molecule has 5 heteroatoms. The van der Waals surface area contributed by atoms with Gasteiger partial charge in [-0.3, -0.25) is 0 Å². The Kier molecular flexibility index (Phi) is 2.71. The van der Waals surface area contributed by atoms with Gasteiger partial charge in [-0.15, -0.1) is 0 Å². The predicted octanol–water partition coefficient (Wildman–Crippen LogP) is 1.47. The van der Waals surface area contributed by atoms with Gasteiger partial charge in [-0.05, 0) is 13.0 Å². The fourth-order valence-electron chi connectivity index (χ4n) is 1.57. The molecule has 0 spiro atoms. The molecular weight excluding hydrogens is 194 g/mol. The normalized spacial score (nSPS) is 17.0. The van der Waals surface area contributed by atoms with Crippen LogP contribution in [0.2, 0.25) is 0 Å². The standard InChI is InChI=1S/C10H13N3O2/c1-2-15-9-4-3-7-8(13-14)5-6-11-10(7)12-9/h3-4,14H,2,5-6H2,1H3,(H,11,12)/b13-8-. The van der Waals surface area contributed by atoms with Crippen molar-refractivity contribution in [2.75, 3.05) is 18.5 Å². The third-order valence-corrected chi connectivity index (χ3v) is 2.25. The number of anilines is 1. The zero-order valence-electron chi connectivity index (χ0n) is 8.53. The molecule has 1 aromatic rings. The highest BCUT2D eigenvalue weighted by Crippen LogP contribution is 2.23. The Morgan fingerprint density at radius 3 is 3.20 bits per heavy atom. The van der Waals surface area contributed by atoms with Gasteiger partial charge in [0.05, 0.1) is 12.3 Å². The van der Waals surface area contributed by atoms with Gasteiger partial charge in [0.15, 0.2) is 0 Å². The van der Waals surface area contributed by atoms with Crippen LogP contribution in [0.3, 0.4) is 0 Å². The van der Waals surface area contributed by atoms with Gasteiger partial charge in [0, 0.05) is 24.6 Å². The zero-order valence-corrected chi connectivity index (χ0v) is 8.53. The SMILES string of the molecule is CCOc1ccc2c(n1)NCC/C2=N/O. The predicted molar refractivity (Wildman–Crippen MR) is 56.8 cm³/mol. The molecule has 0 unspecified atom stereocenters. The average molecular weight is 207 g/mol. The van der Waals surface area contributed by atoms with Crippen LogP contribution in [0.5, 0.6) is 5.88 Å². The quantitative estimate of drug-likeness (QED) is 0.569. The second-order valence-corrected chi connectivity index (χ2v) is 3.20. The maximum Gasteiger partial charge on any atom is 0.215 e. The maximum absolute atomic E-state index is 8.81. The lowest BCUT2D eigenvalue weighted by Crippen LogP contribution is -2.20. The lowest BCUT2D eigenvalue weighted by Gasteiger charge is -2.18. The van der Waals surface area contributed by atoms with E-state index in [0.29, 0.717) is 24.6 Å². The van der Waals surface area contributed by atoms with Crippen molar-refractivity contribution < 1.29 is 9.94 Å². The van der Waals surface area contributed by atoms with Gasteiger partial charge >= 0.3 is 0 Å². The minimum Gasteiger partial charge on any atom is -0.478 e. The number of oxime groups is 1. The number of hydrogen-bond donors (Lipinski definition) is 2. The topological polar surface area (TPSA) is 66.7 Å². The highest BCUT2D eigenvalue weighted by molar-refractivity contribution is 6.05. The number of aromatic nitrogens is 1. The number of fused-ring (bicyclic) bond motifs is 1. The fourth-order valence-corrected chi connectivity index (χ4v) is 1.57. The first-order chi connectivity index (χ1) is 7.35. The van der Waals surface area contributed by atoms with Crippen LogP contribution in [0.4, 0.5) is 5.82 Å². The van der Waals surface area contributed by atoms with Crippen molar-refractivity contribution in [1.82, 2.24) is 4.98 Å². The van der Waals surface area contributed by atoms with Crippen LogP contribution >= 0.6 is 0 Å². The molecule has 1 aromatic heterocycles. The van der Waals surface area contributed by atoms with Crippen LogP contribution in [-0.2, 0) is 0 Å². The molecule has 0 bridgehead atoms. The molecule has 0 radical (unpaired) electrons. The molecular formula is C10H13N3O2. The highest BCUT2D eigenvalue weighted by Gasteiger charge is 2.17. The van der Waals surface area contributed by atoms with E-state index in [1.165, 1.54) is 0 Å². The van der Waals surface area contributed by atoms with E-state index in [0.717, 1.165) is 17.9 Å². The van der Waals surface area contributed by atoms with Crippen molar-refractivity contribution >= 4 is 11.5 Å². The van der Waals surface area contributed by atoms with Crippen LogP contribution in [0.1, 0.15) is 18.9 Å². The second-order valence-electron chi connectivity index (χ2n) is 3.20. The van der Waals surface area contributed by atoms with Gasteiger partial charge in [0.1, 0.15) is 5.82 Å². The summed E-state index contributed by atoms with van der Waals surface area (Å²) in [5.74, 6) is 1.31. The van der Waals surface area contributed by atoms with Crippen LogP contribution in [-0.4, -0.2) is 29.1 Å². The minimum absolute atomic E-state index is 0.586. The van der Waals surface area contributed by atoms with Crippen molar-refractivity contribution in [1.29, 1.82) is 0 Å². The monoisotopic (exact) mass is 207 g/mol. The van der Waals surface area contributed by atoms with E-state index in [-0.39, 0.29) is 0 Å². The molecule has 5 nitrogen and oxygen atoms in total. The Balaban J connectivity index is 2.36. The smallest absolute Gasteiger partial charge is 0.215 e. The molecule has 0 saturated carbocycles. The van der Waals surface area contributed by atoms with Crippen molar-refractivity contribution in [2.45, 2.75) is 13.3 Å². The summed E-state index contributed by atoms with van der Waals surface area (Å²) >= 11 is 0. The molecule has 1 aliphatic rings. The summed E-state index contributed by atoms with van der Waals surface area (Å²) in [7, 11) is 0. The number of nitrogens with zero attached hydrogens (tertiary/aromatic N) is 2. The van der Waals surface area contributed by atoms with Crippen LogP contribution in [0.25, 0.3) is 0 Å². The molecule has 0 amide bonds. The molecule has 15 heavy (non-hydrogen) atoms. The molecule has 2 heterocycles. The van der Waals surface area contributed by atoms with Gasteiger partial charge in [-0.2, -0.15) is 4.98 Å². The first-order valence-electron chi connectivity index (χ1n) is 4.94. The summed E-state index contributed by atoms with van der Waals surface area (Å²) in [4.78, 5) is 4.28. The summed E-state index contributed by atoms with van der Waals surface area (Å²) in [6.45, 7) is 3.23. The van der Waals surface area contributed by atoms with Gasteiger partial charge in [-0.25, -0.2) is 0 Å². The Labute approximate surface area is 87.8 Å². The molecule has 0 atom stereocenters. The lowest BCUT2D eigenvalue weighted by atomic mass is 10.1. The average Bonchev–Trinajstić information content (AvgIpc) is 2.28. The Bertz CT molecular complexity index is 390. The van der Waals surface area contributed by atoms with E-state index < -0.39 is 0 Å². The van der Waals surface area contributed by atoms with Gasteiger partial charge in [0.25, 0.3) is 0 Å². The van der Waals surface area contributed by atoms with E-state index in [1.54, 1.807) is 6.07 Å². The maximum atomic E-state index is 8.81. The first-order valence-corrected chi connectivity index (χ1v) is 4.94. The molecule has 1 aliphatic heterocycles.